The number of rotatable bonds is 3. The van der Waals surface area contributed by atoms with Gasteiger partial charge in [-0.15, -0.1) is 0 Å². The monoisotopic (exact) mass is 286 g/mol. The van der Waals surface area contributed by atoms with E-state index in [1.807, 2.05) is 6.07 Å². The van der Waals surface area contributed by atoms with Crippen LogP contribution in [0.1, 0.15) is 36.0 Å². The van der Waals surface area contributed by atoms with Crippen molar-refractivity contribution in [2.24, 2.45) is 0 Å². The molecule has 1 heterocycles. The molecule has 5 heteroatoms. The molecule has 1 aliphatic heterocycles. The standard InChI is InChI=1S/C16H18N2O3/c19-14-7-6-13(16(21)18-14)17-15(20)9-10-4-5-11-2-1-3-12(11)8-10/h4-5,8,13H,1-3,6-7,9H2,(H,17,20)(H,18,19,21). The lowest BCUT2D eigenvalue weighted by atomic mass is 10.0. The number of carbonyl (C=O) groups is 3. The van der Waals surface area contributed by atoms with Gasteiger partial charge < -0.3 is 5.32 Å². The number of amides is 3. The maximum absolute atomic E-state index is 12.0. The molecule has 0 spiro atoms. The van der Waals surface area contributed by atoms with Crippen molar-refractivity contribution in [3.05, 3.63) is 34.9 Å². The first kappa shape index (κ1) is 13.8. The summed E-state index contributed by atoms with van der Waals surface area (Å²) >= 11 is 0. The van der Waals surface area contributed by atoms with Crippen LogP contribution in [-0.4, -0.2) is 23.8 Å². The van der Waals surface area contributed by atoms with Gasteiger partial charge in [-0.2, -0.15) is 0 Å². The van der Waals surface area contributed by atoms with Gasteiger partial charge in [0.25, 0.3) is 0 Å². The van der Waals surface area contributed by atoms with Gasteiger partial charge in [-0.3, -0.25) is 19.7 Å². The Hall–Kier alpha value is -2.17. The van der Waals surface area contributed by atoms with Crippen LogP contribution in [0, 0.1) is 0 Å². The minimum Gasteiger partial charge on any atom is -0.344 e. The largest absolute Gasteiger partial charge is 0.344 e. The Labute approximate surface area is 123 Å². The molecule has 1 saturated heterocycles. The first-order chi connectivity index (χ1) is 10.1. The Morgan fingerprint density at radius 3 is 2.81 bits per heavy atom. The number of benzene rings is 1. The smallest absolute Gasteiger partial charge is 0.249 e. The molecule has 0 aromatic heterocycles. The second-order valence-electron chi connectivity index (χ2n) is 5.70. The number of hydrogen-bond donors (Lipinski definition) is 2. The molecule has 3 rings (SSSR count). The van der Waals surface area contributed by atoms with Crippen LogP contribution in [0.25, 0.3) is 0 Å². The van der Waals surface area contributed by atoms with E-state index >= 15 is 0 Å². The minimum absolute atomic E-state index is 0.178. The van der Waals surface area contributed by atoms with Crippen LogP contribution in [-0.2, 0) is 33.6 Å². The molecular formula is C16H18N2O3. The molecule has 3 amide bonds. The summed E-state index contributed by atoms with van der Waals surface area (Å²) in [6.07, 6.45) is 4.30. The summed E-state index contributed by atoms with van der Waals surface area (Å²) < 4.78 is 0. The maximum atomic E-state index is 12.0. The van der Waals surface area contributed by atoms with Gasteiger partial charge in [0.15, 0.2) is 0 Å². The number of piperidine rings is 1. The highest BCUT2D eigenvalue weighted by atomic mass is 16.2. The van der Waals surface area contributed by atoms with Crippen molar-refractivity contribution in [2.45, 2.75) is 44.6 Å². The number of carbonyl (C=O) groups excluding carboxylic acids is 3. The van der Waals surface area contributed by atoms with Gasteiger partial charge in [-0.1, -0.05) is 18.2 Å². The summed E-state index contributed by atoms with van der Waals surface area (Å²) in [5.41, 5.74) is 3.69. The van der Waals surface area contributed by atoms with E-state index in [0.29, 0.717) is 6.42 Å². The molecule has 1 atom stereocenters. The summed E-state index contributed by atoms with van der Waals surface area (Å²) in [7, 11) is 0. The minimum atomic E-state index is -0.593. The predicted octanol–water partition coefficient (Wildman–Crippen LogP) is 0.639. The number of nitrogens with one attached hydrogen (secondary N) is 2. The van der Waals surface area contributed by atoms with Gasteiger partial charge in [0.2, 0.25) is 17.7 Å². The van der Waals surface area contributed by atoms with Crippen molar-refractivity contribution in [2.75, 3.05) is 0 Å². The highest BCUT2D eigenvalue weighted by Crippen LogP contribution is 2.23. The second-order valence-corrected chi connectivity index (χ2v) is 5.70. The molecule has 2 aliphatic rings. The van der Waals surface area contributed by atoms with Crippen molar-refractivity contribution < 1.29 is 14.4 Å². The normalized spacial score (nSPS) is 20.9. The van der Waals surface area contributed by atoms with Crippen LogP contribution < -0.4 is 10.6 Å². The Bertz CT molecular complexity index is 610. The summed E-state index contributed by atoms with van der Waals surface area (Å²) in [4.78, 5) is 34.7. The van der Waals surface area contributed by atoms with E-state index in [1.54, 1.807) is 0 Å². The lowest BCUT2D eigenvalue weighted by Gasteiger charge is -2.21. The van der Waals surface area contributed by atoms with E-state index in [1.165, 1.54) is 17.5 Å². The summed E-state index contributed by atoms with van der Waals surface area (Å²) in [6.45, 7) is 0. The fraction of sp³-hybridized carbons (Fsp3) is 0.438. The molecule has 0 radical (unpaired) electrons. The first-order valence-corrected chi connectivity index (χ1v) is 7.35. The quantitative estimate of drug-likeness (QED) is 0.801. The zero-order chi connectivity index (χ0) is 14.8. The number of fused-ring (bicyclic) bond motifs is 1. The summed E-state index contributed by atoms with van der Waals surface area (Å²) in [5, 5.41) is 4.94. The predicted molar refractivity (Wildman–Crippen MR) is 76.5 cm³/mol. The van der Waals surface area contributed by atoms with Crippen molar-refractivity contribution in [3.8, 4) is 0 Å². The van der Waals surface area contributed by atoms with Gasteiger partial charge in [-0.25, -0.2) is 0 Å². The Morgan fingerprint density at radius 2 is 2.00 bits per heavy atom. The van der Waals surface area contributed by atoms with Crippen molar-refractivity contribution in [1.82, 2.24) is 10.6 Å². The van der Waals surface area contributed by atoms with Crippen LogP contribution in [0.5, 0.6) is 0 Å². The third-order valence-corrected chi connectivity index (χ3v) is 4.10. The van der Waals surface area contributed by atoms with Crippen molar-refractivity contribution >= 4 is 17.7 Å². The van der Waals surface area contributed by atoms with Crippen molar-refractivity contribution in [3.63, 3.8) is 0 Å². The molecule has 0 saturated carbocycles. The number of hydrogen-bond acceptors (Lipinski definition) is 3. The topological polar surface area (TPSA) is 75.3 Å². The summed E-state index contributed by atoms with van der Waals surface area (Å²) in [5.74, 6) is -0.861. The molecule has 1 unspecified atom stereocenters. The fourth-order valence-electron chi connectivity index (χ4n) is 3.00. The Kier molecular flexibility index (Phi) is 3.73. The average molecular weight is 286 g/mol. The average Bonchev–Trinajstić information content (AvgIpc) is 2.89. The molecular weight excluding hydrogens is 268 g/mol. The molecule has 0 bridgehead atoms. The molecule has 1 fully saturated rings. The Morgan fingerprint density at radius 1 is 1.19 bits per heavy atom. The van der Waals surface area contributed by atoms with Crippen LogP contribution in [0.2, 0.25) is 0 Å². The molecule has 2 N–H and O–H groups in total. The van der Waals surface area contributed by atoms with Gasteiger partial charge in [0.1, 0.15) is 6.04 Å². The highest BCUT2D eigenvalue weighted by molar-refractivity contribution is 6.01. The number of aryl methyl sites for hydroxylation is 2. The zero-order valence-corrected chi connectivity index (χ0v) is 11.8. The third kappa shape index (κ3) is 3.12. The first-order valence-electron chi connectivity index (χ1n) is 7.35. The maximum Gasteiger partial charge on any atom is 0.249 e. The lowest BCUT2D eigenvalue weighted by Crippen LogP contribution is -2.52. The van der Waals surface area contributed by atoms with E-state index in [-0.39, 0.29) is 24.7 Å². The van der Waals surface area contributed by atoms with Crippen LogP contribution in [0.4, 0.5) is 0 Å². The SMILES string of the molecule is O=C1CCC(NC(=O)Cc2ccc3c(c2)CCC3)C(=O)N1. The van der Waals surface area contributed by atoms with E-state index in [4.69, 9.17) is 0 Å². The van der Waals surface area contributed by atoms with Gasteiger partial charge in [-0.05, 0) is 42.4 Å². The Balaban J connectivity index is 1.59. The molecule has 5 nitrogen and oxygen atoms in total. The van der Waals surface area contributed by atoms with Crippen LogP contribution in [0.3, 0.4) is 0 Å². The van der Waals surface area contributed by atoms with Gasteiger partial charge in [0, 0.05) is 6.42 Å². The van der Waals surface area contributed by atoms with E-state index in [2.05, 4.69) is 22.8 Å². The van der Waals surface area contributed by atoms with E-state index in [0.717, 1.165) is 18.4 Å². The van der Waals surface area contributed by atoms with Gasteiger partial charge >= 0.3 is 0 Å². The fourth-order valence-corrected chi connectivity index (χ4v) is 3.00. The molecule has 1 aliphatic carbocycles. The van der Waals surface area contributed by atoms with Gasteiger partial charge in [0.05, 0.1) is 6.42 Å². The lowest BCUT2D eigenvalue weighted by molar-refractivity contribution is -0.137. The molecule has 21 heavy (non-hydrogen) atoms. The van der Waals surface area contributed by atoms with Crippen LogP contribution in [0.15, 0.2) is 18.2 Å². The summed E-state index contributed by atoms with van der Waals surface area (Å²) in [6, 6.07) is 5.57. The van der Waals surface area contributed by atoms with E-state index in [9.17, 15) is 14.4 Å². The molecule has 110 valence electrons. The molecule has 1 aromatic rings. The molecule has 1 aromatic carbocycles. The number of imide groups is 1. The van der Waals surface area contributed by atoms with E-state index < -0.39 is 11.9 Å². The van der Waals surface area contributed by atoms with Crippen LogP contribution >= 0.6 is 0 Å². The van der Waals surface area contributed by atoms with Crippen molar-refractivity contribution in [1.29, 1.82) is 0 Å². The highest BCUT2D eigenvalue weighted by Gasteiger charge is 2.27. The zero-order valence-electron chi connectivity index (χ0n) is 11.8. The second kappa shape index (κ2) is 5.68. The third-order valence-electron chi connectivity index (χ3n) is 4.10.